The Kier molecular flexibility index (Phi) is 6.79. The first-order valence-electron chi connectivity index (χ1n) is 7.46. The average Bonchev–Trinajstić information content (AvgIpc) is 3.03. The van der Waals surface area contributed by atoms with Gasteiger partial charge in [-0.15, -0.1) is 11.3 Å². The van der Waals surface area contributed by atoms with Crippen LogP contribution >= 0.6 is 11.3 Å². The fourth-order valence-corrected chi connectivity index (χ4v) is 4.61. The van der Waals surface area contributed by atoms with Crippen molar-refractivity contribution in [2.45, 2.75) is 49.0 Å². The minimum absolute atomic E-state index is 0.0801. The number of hydrogen-bond acceptors (Lipinski definition) is 6. The molecule has 10 heteroatoms. The summed E-state index contributed by atoms with van der Waals surface area (Å²) in [6.07, 6.45) is 4.67. The number of oxime groups is 1. The molecule has 0 unspecified atom stereocenters. The molecule has 2 rings (SSSR count). The zero-order valence-corrected chi connectivity index (χ0v) is 14.4. The first-order chi connectivity index (χ1) is 11.4. The van der Waals surface area contributed by atoms with Crippen molar-refractivity contribution in [1.82, 2.24) is 4.98 Å². The van der Waals surface area contributed by atoms with E-state index < -0.39 is 33.9 Å². The van der Waals surface area contributed by atoms with Crippen LogP contribution in [0.1, 0.15) is 43.4 Å². The van der Waals surface area contributed by atoms with E-state index in [4.69, 9.17) is 4.84 Å². The van der Waals surface area contributed by atoms with Crippen LogP contribution in [0.5, 0.6) is 0 Å². The van der Waals surface area contributed by atoms with E-state index >= 15 is 0 Å². The second-order valence-corrected chi connectivity index (χ2v) is 8.71. The molecule has 134 valence electrons. The molecule has 24 heavy (non-hydrogen) atoms. The maximum Gasteiger partial charge on any atom is 0.301 e. The number of halogens is 3. The molecule has 0 saturated heterocycles. The van der Waals surface area contributed by atoms with Crippen LogP contribution in [0.3, 0.4) is 0 Å². The molecule has 0 radical (unpaired) electrons. The molecule has 0 spiro atoms. The van der Waals surface area contributed by atoms with E-state index in [1.54, 1.807) is 0 Å². The van der Waals surface area contributed by atoms with Gasteiger partial charge < -0.3 is 4.84 Å². The predicted octanol–water partition coefficient (Wildman–Crippen LogP) is 4.07. The number of nitrogens with zero attached hydrogens (tertiary/aromatic N) is 2. The monoisotopic (exact) mass is 382 g/mol. The molecule has 1 saturated carbocycles. The summed E-state index contributed by atoms with van der Waals surface area (Å²) in [4.78, 5) is 9.54. The Morgan fingerprint density at radius 3 is 2.71 bits per heavy atom. The number of aromatic nitrogens is 1. The number of thiazole rings is 1. The summed E-state index contributed by atoms with van der Waals surface area (Å²) < 4.78 is 60.3. The molecule has 1 aliphatic rings. The third kappa shape index (κ3) is 5.59. The van der Waals surface area contributed by atoms with Crippen molar-refractivity contribution < 1.29 is 26.4 Å². The second kappa shape index (κ2) is 8.61. The summed E-state index contributed by atoms with van der Waals surface area (Å²) in [5.74, 6) is -2.49. The highest BCUT2D eigenvalue weighted by atomic mass is 32.2. The van der Waals surface area contributed by atoms with E-state index in [1.807, 2.05) is 0 Å². The molecule has 1 aliphatic carbocycles. The van der Waals surface area contributed by atoms with Crippen molar-refractivity contribution in [2.75, 3.05) is 5.75 Å². The van der Waals surface area contributed by atoms with Crippen LogP contribution in [0, 0.1) is 0 Å². The summed E-state index contributed by atoms with van der Waals surface area (Å²) >= 11 is 0.832. The third-order valence-corrected chi connectivity index (χ3v) is 6.62. The zero-order chi connectivity index (χ0) is 17.6. The van der Waals surface area contributed by atoms with E-state index in [1.165, 1.54) is 18.8 Å². The highest BCUT2D eigenvalue weighted by Crippen LogP contribution is 2.23. The van der Waals surface area contributed by atoms with Crippen LogP contribution in [0.2, 0.25) is 0 Å². The Hall–Kier alpha value is -1.42. The van der Waals surface area contributed by atoms with Gasteiger partial charge in [-0.25, -0.2) is 17.8 Å². The van der Waals surface area contributed by atoms with Gasteiger partial charge >= 0.3 is 6.08 Å². The summed E-state index contributed by atoms with van der Waals surface area (Å²) in [5.41, 5.74) is 0. The highest BCUT2D eigenvalue weighted by molar-refractivity contribution is 7.93. The molecule has 0 amide bonds. The van der Waals surface area contributed by atoms with Gasteiger partial charge in [0.2, 0.25) is 14.2 Å². The first kappa shape index (κ1) is 18.9. The topological polar surface area (TPSA) is 68.6 Å². The van der Waals surface area contributed by atoms with Gasteiger partial charge in [0.25, 0.3) is 0 Å². The third-order valence-electron chi connectivity index (χ3n) is 3.51. The summed E-state index contributed by atoms with van der Waals surface area (Å²) in [6, 6.07) is 0. The average molecular weight is 382 g/mol. The molecule has 1 fully saturated rings. The molecular formula is C14H17F3N2O3S2. The molecule has 0 atom stereocenters. The SMILES string of the molecule is O=S(=O)(CCC(F)=C(F)F)c1ncc(/C=N/OC2CCCCC2)s1. The fourth-order valence-electron chi connectivity index (χ4n) is 2.22. The Bertz CT molecular complexity index is 707. The molecule has 1 aromatic rings. The van der Waals surface area contributed by atoms with Gasteiger partial charge in [0.1, 0.15) is 6.10 Å². The minimum atomic E-state index is -3.92. The van der Waals surface area contributed by atoms with Gasteiger partial charge in [0.05, 0.1) is 16.8 Å². The number of hydrogen-bond donors (Lipinski definition) is 0. The van der Waals surface area contributed by atoms with E-state index in [-0.39, 0.29) is 10.4 Å². The largest absolute Gasteiger partial charge is 0.392 e. The number of allylic oxidation sites excluding steroid dienone is 1. The molecular weight excluding hydrogens is 365 g/mol. The van der Waals surface area contributed by atoms with Crippen molar-refractivity contribution in [1.29, 1.82) is 0 Å². The summed E-state index contributed by atoms with van der Waals surface area (Å²) in [5, 5.41) is 3.84. The fraction of sp³-hybridized carbons (Fsp3) is 0.571. The Morgan fingerprint density at radius 1 is 1.33 bits per heavy atom. The Labute approximate surface area is 142 Å². The molecule has 0 bridgehead atoms. The molecule has 0 aliphatic heterocycles. The van der Waals surface area contributed by atoms with Gasteiger partial charge in [0, 0.05) is 12.6 Å². The van der Waals surface area contributed by atoms with Crippen LogP contribution in [-0.2, 0) is 14.7 Å². The van der Waals surface area contributed by atoms with Crippen LogP contribution in [0.25, 0.3) is 0 Å². The smallest absolute Gasteiger partial charge is 0.301 e. The Balaban J connectivity index is 1.92. The predicted molar refractivity (Wildman–Crippen MR) is 84.7 cm³/mol. The number of rotatable bonds is 7. The number of sulfone groups is 1. The van der Waals surface area contributed by atoms with Crippen LogP contribution in [0.15, 0.2) is 27.6 Å². The highest BCUT2D eigenvalue weighted by Gasteiger charge is 2.21. The zero-order valence-electron chi connectivity index (χ0n) is 12.8. The van der Waals surface area contributed by atoms with E-state index in [2.05, 4.69) is 10.1 Å². The summed E-state index contributed by atoms with van der Waals surface area (Å²) in [7, 11) is -3.92. The van der Waals surface area contributed by atoms with Crippen LogP contribution in [-0.4, -0.2) is 31.5 Å². The van der Waals surface area contributed by atoms with E-state index in [0.29, 0.717) is 4.88 Å². The van der Waals surface area contributed by atoms with Crippen molar-refractivity contribution in [3.63, 3.8) is 0 Å². The molecule has 0 aromatic carbocycles. The first-order valence-corrected chi connectivity index (χ1v) is 9.93. The van der Waals surface area contributed by atoms with Crippen molar-refractivity contribution in [3.8, 4) is 0 Å². The molecule has 0 N–H and O–H groups in total. The Morgan fingerprint density at radius 2 is 2.04 bits per heavy atom. The lowest BCUT2D eigenvalue weighted by Crippen LogP contribution is -2.13. The normalized spacial score (nSPS) is 16.5. The van der Waals surface area contributed by atoms with Gasteiger partial charge in [-0.1, -0.05) is 11.6 Å². The van der Waals surface area contributed by atoms with Crippen molar-refractivity contribution in [2.24, 2.45) is 5.16 Å². The molecule has 5 nitrogen and oxygen atoms in total. The van der Waals surface area contributed by atoms with Crippen LogP contribution < -0.4 is 0 Å². The summed E-state index contributed by atoms with van der Waals surface area (Å²) in [6.45, 7) is 0. The van der Waals surface area contributed by atoms with Crippen LogP contribution in [0.4, 0.5) is 13.2 Å². The lowest BCUT2D eigenvalue weighted by molar-refractivity contribution is 0.0340. The quantitative estimate of drug-likeness (QED) is 0.527. The van der Waals surface area contributed by atoms with E-state index in [9.17, 15) is 21.6 Å². The van der Waals surface area contributed by atoms with E-state index in [0.717, 1.165) is 37.0 Å². The second-order valence-electron chi connectivity index (χ2n) is 5.36. The standard InChI is InChI=1S/C14H17F3N2O3S2/c15-12(13(16)17)6-7-24(20,21)14-18-8-11(23-14)9-19-22-10-4-2-1-3-5-10/h8-10H,1-7H2/b19-9+. The van der Waals surface area contributed by atoms with Gasteiger partial charge in [-0.3, -0.25) is 0 Å². The molecule has 1 heterocycles. The minimum Gasteiger partial charge on any atom is -0.392 e. The lowest BCUT2D eigenvalue weighted by atomic mass is 9.98. The lowest BCUT2D eigenvalue weighted by Gasteiger charge is -2.18. The molecule has 1 aromatic heterocycles. The maximum absolute atomic E-state index is 12.7. The van der Waals surface area contributed by atoms with Gasteiger partial charge in [-0.05, 0) is 25.7 Å². The maximum atomic E-state index is 12.7. The van der Waals surface area contributed by atoms with Crippen molar-refractivity contribution >= 4 is 27.4 Å². The van der Waals surface area contributed by atoms with Gasteiger partial charge in [-0.2, -0.15) is 8.78 Å². The van der Waals surface area contributed by atoms with Crippen molar-refractivity contribution in [3.05, 3.63) is 23.0 Å². The van der Waals surface area contributed by atoms with Gasteiger partial charge in [0.15, 0.2) is 5.83 Å².